The molecule has 2 aromatic carbocycles. The van der Waals surface area contributed by atoms with E-state index in [1.807, 2.05) is 6.07 Å². The molecule has 0 spiro atoms. The Bertz CT molecular complexity index is 743. The summed E-state index contributed by atoms with van der Waals surface area (Å²) < 4.78 is 5.15. The van der Waals surface area contributed by atoms with E-state index in [2.05, 4.69) is 17.2 Å². The highest BCUT2D eigenvalue weighted by atomic mass is 35.5. The first-order chi connectivity index (χ1) is 10.7. The van der Waals surface area contributed by atoms with Gasteiger partial charge in [-0.1, -0.05) is 41.6 Å². The van der Waals surface area contributed by atoms with Crippen LogP contribution in [0.25, 0.3) is 0 Å². The molecular weight excluding hydrogens is 298 g/mol. The van der Waals surface area contributed by atoms with Crippen LogP contribution in [0.5, 0.6) is 5.75 Å². The summed E-state index contributed by atoms with van der Waals surface area (Å²) in [5, 5.41) is 3.16. The fraction of sp³-hybridized carbons (Fsp3) is 0.167. The quantitative estimate of drug-likeness (QED) is 0.815. The largest absolute Gasteiger partial charge is 0.417 e. The number of para-hydroxylation sites is 1. The van der Waals surface area contributed by atoms with Crippen molar-refractivity contribution in [3.8, 4) is 17.6 Å². The van der Waals surface area contributed by atoms with Gasteiger partial charge in [0.05, 0.1) is 5.02 Å². The van der Waals surface area contributed by atoms with Crippen LogP contribution in [0.3, 0.4) is 0 Å². The van der Waals surface area contributed by atoms with Gasteiger partial charge in [0.15, 0.2) is 0 Å². The first-order valence-electron chi connectivity index (χ1n) is 7.06. The van der Waals surface area contributed by atoms with Crippen molar-refractivity contribution in [1.82, 2.24) is 0 Å². The summed E-state index contributed by atoms with van der Waals surface area (Å²) in [5.74, 6) is 7.24. The average Bonchev–Trinajstić information content (AvgIpc) is 3.31. The molecule has 110 valence electrons. The Balaban J connectivity index is 1.64. The number of carbonyl (C=O) groups excluding carboxylic acids is 1. The SMILES string of the molecule is O=C(Nc1ccc(C#CC2CC2)c(Cl)c1)Oc1ccccc1. The fourth-order valence-electron chi connectivity index (χ4n) is 1.84. The maximum Gasteiger partial charge on any atom is 0.417 e. The third-order valence-corrected chi connectivity index (χ3v) is 3.47. The van der Waals surface area contributed by atoms with Gasteiger partial charge < -0.3 is 4.74 Å². The van der Waals surface area contributed by atoms with Crippen molar-refractivity contribution in [3.63, 3.8) is 0 Å². The second kappa shape index (κ2) is 6.55. The van der Waals surface area contributed by atoms with Crippen molar-refractivity contribution in [3.05, 3.63) is 59.1 Å². The molecule has 4 heteroatoms. The lowest BCUT2D eigenvalue weighted by molar-refractivity contribution is 0.215. The number of benzene rings is 2. The van der Waals surface area contributed by atoms with Gasteiger partial charge in [0.2, 0.25) is 0 Å². The number of halogens is 1. The minimum atomic E-state index is -0.556. The highest BCUT2D eigenvalue weighted by Crippen LogP contribution is 2.28. The molecule has 0 bridgehead atoms. The van der Waals surface area contributed by atoms with E-state index in [1.165, 1.54) is 12.8 Å². The van der Waals surface area contributed by atoms with Crippen molar-refractivity contribution >= 4 is 23.4 Å². The third-order valence-electron chi connectivity index (χ3n) is 3.16. The van der Waals surface area contributed by atoms with E-state index in [9.17, 15) is 4.79 Å². The molecule has 0 saturated heterocycles. The third kappa shape index (κ3) is 4.03. The lowest BCUT2D eigenvalue weighted by Crippen LogP contribution is -2.16. The van der Waals surface area contributed by atoms with E-state index in [-0.39, 0.29) is 0 Å². The summed E-state index contributed by atoms with van der Waals surface area (Å²) in [6.07, 6.45) is 1.80. The van der Waals surface area contributed by atoms with Crippen LogP contribution in [0.1, 0.15) is 18.4 Å². The minimum Gasteiger partial charge on any atom is -0.410 e. The van der Waals surface area contributed by atoms with Gasteiger partial charge >= 0.3 is 6.09 Å². The minimum absolute atomic E-state index is 0.484. The molecule has 3 nitrogen and oxygen atoms in total. The number of amides is 1. The Morgan fingerprint density at radius 3 is 2.64 bits per heavy atom. The van der Waals surface area contributed by atoms with Crippen molar-refractivity contribution in [2.45, 2.75) is 12.8 Å². The van der Waals surface area contributed by atoms with E-state index in [0.29, 0.717) is 22.4 Å². The molecule has 1 fully saturated rings. The molecule has 1 amide bonds. The Kier molecular flexibility index (Phi) is 4.32. The van der Waals surface area contributed by atoms with Crippen LogP contribution in [0.4, 0.5) is 10.5 Å². The summed E-state index contributed by atoms with van der Waals surface area (Å²) in [7, 11) is 0. The van der Waals surface area contributed by atoms with Crippen LogP contribution in [-0.2, 0) is 0 Å². The number of carbonyl (C=O) groups is 1. The normalized spacial score (nSPS) is 13.0. The van der Waals surface area contributed by atoms with Crippen LogP contribution in [-0.4, -0.2) is 6.09 Å². The number of ether oxygens (including phenoxy) is 1. The Labute approximate surface area is 134 Å². The summed E-state index contributed by atoms with van der Waals surface area (Å²) in [5.41, 5.74) is 1.35. The topological polar surface area (TPSA) is 38.3 Å². The summed E-state index contributed by atoms with van der Waals surface area (Å²) >= 11 is 6.18. The lowest BCUT2D eigenvalue weighted by atomic mass is 10.2. The Morgan fingerprint density at radius 1 is 1.18 bits per heavy atom. The van der Waals surface area contributed by atoms with Gasteiger partial charge in [0, 0.05) is 17.2 Å². The number of hydrogen-bond acceptors (Lipinski definition) is 2. The first-order valence-corrected chi connectivity index (χ1v) is 7.43. The molecule has 3 rings (SSSR count). The lowest BCUT2D eigenvalue weighted by Gasteiger charge is -2.07. The molecule has 1 aliphatic carbocycles. The van der Waals surface area contributed by atoms with Crippen LogP contribution in [0.15, 0.2) is 48.5 Å². The smallest absolute Gasteiger partial charge is 0.410 e. The van der Waals surface area contributed by atoms with Gasteiger partial charge in [-0.2, -0.15) is 0 Å². The highest BCUT2D eigenvalue weighted by molar-refractivity contribution is 6.32. The van der Waals surface area contributed by atoms with Crippen LogP contribution in [0.2, 0.25) is 5.02 Å². The zero-order valence-electron chi connectivity index (χ0n) is 11.8. The monoisotopic (exact) mass is 311 g/mol. The predicted molar refractivity (Wildman–Crippen MR) is 87.1 cm³/mol. The first kappa shape index (κ1) is 14.5. The van der Waals surface area contributed by atoms with E-state index in [4.69, 9.17) is 16.3 Å². The van der Waals surface area contributed by atoms with Gasteiger partial charge in [0.1, 0.15) is 5.75 Å². The molecule has 0 aromatic heterocycles. The highest BCUT2D eigenvalue weighted by Gasteiger charge is 2.17. The van der Waals surface area contributed by atoms with E-state index < -0.39 is 6.09 Å². The molecule has 1 N–H and O–H groups in total. The number of anilines is 1. The number of rotatable bonds is 2. The number of nitrogens with one attached hydrogen (secondary N) is 1. The van der Waals surface area contributed by atoms with Gasteiger partial charge in [-0.05, 0) is 43.2 Å². The van der Waals surface area contributed by atoms with Crippen LogP contribution >= 0.6 is 11.6 Å². The molecule has 1 aliphatic rings. The average molecular weight is 312 g/mol. The van der Waals surface area contributed by atoms with E-state index in [0.717, 1.165) is 5.56 Å². The van der Waals surface area contributed by atoms with Gasteiger partial charge in [-0.15, -0.1) is 0 Å². The zero-order chi connectivity index (χ0) is 15.4. The molecule has 0 radical (unpaired) electrons. The Morgan fingerprint density at radius 2 is 1.95 bits per heavy atom. The maximum atomic E-state index is 11.8. The summed E-state index contributed by atoms with van der Waals surface area (Å²) in [6, 6.07) is 14.1. The van der Waals surface area contributed by atoms with Crippen molar-refractivity contribution in [1.29, 1.82) is 0 Å². The molecule has 0 heterocycles. The zero-order valence-corrected chi connectivity index (χ0v) is 12.6. The second-order valence-electron chi connectivity index (χ2n) is 5.07. The molecule has 0 aliphatic heterocycles. The summed E-state index contributed by atoms with van der Waals surface area (Å²) in [6.45, 7) is 0. The molecule has 22 heavy (non-hydrogen) atoms. The summed E-state index contributed by atoms with van der Waals surface area (Å²) in [4.78, 5) is 11.8. The van der Waals surface area contributed by atoms with E-state index in [1.54, 1.807) is 42.5 Å². The van der Waals surface area contributed by atoms with Crippen molar-refractivity contribution < 1.29 is 9.53 Å². The van der Waals surface area contributed by atoms with Gasteiger partial charge in [-0.25, -0.2) is 4.79 Å². The molecular formula is C18H14ClNO2. The standard InChI is InChI=1S/C18H14ClNO2/c19-17-12-15(11-10-14(17)9-8-13-6-7-13)20-18(21)22-16-4-2-1-3-5-16/h1-5,10-13H,6-7H2,(H,20,21). The van der Waals surface area contributed by atoms with Crippen molar-refractivity contribution in [2.24, 2.45) is 5.92 Å². The van der Waals surface area contributed by atoms with E-state index >= 15 is 0 Å². The maximum absolute atomic E-state index is 11.8. The predicted octanol–water partition coefficient (Wildman–Crippen LogP) is 4.71. The molecule has 0 atom stereocenters. The fourth-order valence-corrected chi connectivity index (χ4v) is 2.07. The molecule has 1 saturated carbocycles. The van der Waals surface area contributed by atoms with Gasteiger partial charge in [0.25, 0.3) is 0 Å². The molecule has 0 unspecified atom stereocenters. The van der Waals surface area contributed by atoms with Crippen LogP contribution < -0.4 is 10.1 Å². The van der Waals surface area contributed by atoms with Crippen molar-refractivity contribution in [2.75, 3.05) is 5.32 Å². The van der Waals surface area contributed by atoms with Crippen LogP contribution in [0, 0.1) is 17.8 Å². The Hall–Kier alpha value is -2.44. The van der Waals surface area contributed by atoms with Gasteiger partial charge in [-0.3, -0.25) is 5.32 Å². The molecule has 2 aromatic rings. The number of hydrogen-bond donors (Lipinski definition) is 1. The second-order valence-corrected chi connectivity index (χ2v) is 5.47.